The maximum Gasteiger partial charge on any atom is 0.241 e. The Morgan fingerprint density at radius 1 is 1.40 bits per heavy atom. The van der Waals surface area contributed by atoms with Crippen molar-refractivity contribution in [2.24, 2.45) is 5.92 Å². The van der Waals surface area contributed by atoms with Gasteiger partial charge in [-0.2, -0.15) is 0 Å². The second-order valence-corrected chi connectivity index (χ2v) is 4.49. The van der Waals surface area contributed by atoms with E-state index in [-0.39, 0.29) is 12.2 Å². The Balaban J connectivity index is 2.69. The van der Waals surface area contributed by atoms with Gasteiger partial charge in [-0.3, -0.25) is 10.1 Å². The Morgan fingerprint density at radius 2 is 2.07 bits per heavy atom. The van der Waals surface area contributed by atoms with Crippen molar-refractivity contribution in [3.8, 4) is 0 Å². The highest BCUT2D eigenvalue weighted by Gasteiger charge is 2.39. The molecule has 1 amide bonds. The molecule has 3 atom stereocenters. The lowest BCUT2D eigenvalue weighted by Gasteiger charge is -2.22. The second-order valence-electron chi connectivity index (χ2n) is 4.49. The third-order valence-electron chi connectivity index (χ3n) is 3.36. The summed E-state index contributed by atoms with van der Waals surface area (Å²) in [5, 5.41) is 3.45. The van der Waals surface area contributed by atoms with Crippen LogP contribution in [0.1, 0.15) is 47.0 Å². The van der Waals surface area contributed by atoms with Gasteiger partial charge < -0.3 is 4.90 Å². The molecule has 1 rings (SSSR count). The van der Waals surface area contributed by atoms with E-state index in [9.17, 15) is 4.79 Å². The van der Waals surface area contributed by atoms with Gasteiger partial charge in [0.2, 0.25) is 5.91 Å². The van der Waals surface area contributed by atoms with Gasteiger partial charge >= 0.3 is 0 Å². The fourth-order valence-corrected chi connectivity index (χ4v) is 2.19. The first-order valence-corrected chi connectivity index (χ1v) is 6.22. The van der Waals surface area contributed by atoms with E-state index in [4.69, 9.17) is 0 Å². The third-order valence-corrected chi connectivity index (χ3v) is 3.36. The molecular weight excluding hydrogens is 188 g/mol. The van der Waals surface area contributed by atoms with Crippen LogP contribution in [-0.4, -0.2) is 29.6 Å². The van der Waals surface area contributed by atoms with Crippen molar-refractivity contribution in [2.45, 2.75) is 59.2 Å². The second kappa shape index (κ2) is 5.50. The molecule has 1 heterocycles. The average Bonchev–Trinajstić information content (AvgIpc) is 2.56. The Morgan fingerprint density at radius 3 is 2.53 bits per heavy atom. The van der Waals surface area contributed by atoms with Gasteiger partial charge in [0.25, 0.3) is 0 Å². The van der Waals surface area contributed by atoms with Crippen LogP contribution in [0.2, 0.25) is 0 Å². The number of hydrogen-bond acceptors (Lipinski definition) is 2. The van der Waals surface area contributed by atoms with E-state index >= 15 is 0 Å². The Hall–Kier alpha value is -0.570. The number of amides is 1. The normalized spacial score (nSPS) is 28.5. The molecule has 3 heteroatoms. The van der Waals surface area contributed by atoms with E-state index in [0.717, 1.165) is 25.8 Å². The summed E-state index contributed by atoms with van der Waals surface area (Å²) in [6.45, 7) is 9.43. The topological polar surface area (TPSA) is 32.3 Å². The molecule has 88 valence electrons. The molecule has 3 nitrogen and oxygen atoms in total. The van der Waals surface area contributed by atoms with Crippen molar-refractivity contribution < 1.29 is 4.79 Å². The zero-order chi connectivity index (χ0) is 11.4. The highest BCUT2D eigenvalue weighted by atomic mass is 16.2. The SMILES string of the molecule is CCCN1C(=O)C(C(C)CC)NC1CC. The lowest BCUT2D eigenvalue weighted by Crippen LogP contribution is -2.37. The molecule has 1 aliphatic rings. The predicted molar refractivity (Wildman–Crippen MR) is 62.5 cm³/mol. The summed E-state index contributed by atoms with van der Waals surface area (Å²) in [6.07, 6.45) is 3.35. The molecule has 0 bridgehead atoms. The summed E-state index contributed by atoms with van der Waals surface area (Å²) in [5.74, 6) is 0.742. The zero-order valence-corrected chi connectivity index (χ0v) is 10.4. The maximum absolute atomic E-state index is 12.1. The van der Waals surface area contributed by atoms with Crippen LogP contribution in [0.5, 0.6) is 0 Å². The molecule has 0 radical (unpaired) electrons. The van der Waals surface area contributed by atoms with E-state index in [1.165, 1.54) is 0 Å². The third kappa shape index (κ3) is 2.51. The molecule has 3 unspecified atom stereocenters. The van der Waals surface area contributed by atoms with Crippen molar-refractivity contribution in [3.63, 3.8) is 0 Å². The van der Waals surface area contributed by atoms with Crippen LogP contribution >= 0.6 is 0 Å². The van der Waals surface area contributed by atoms with E-state index in [1.807, 2.05) is 4.90 Å². The number of carbonyl (C=O) groups excluding carboxylic acids is 1. The molecule has 0 spiro atoms. The monoisotopic (exact) mass is 212 g/mol. The number of hydrogen-bond donors (Lipinski definition) is 1. The molecule has 0 aliphatic carbocycles. The fraction of sp³-hybridized carbons (Fsp3) is 0.917. The molecule has 1 aliphatic heterocycles. The molecule has 1 N–H and O–H groups in total. The number of rotatable bonds is 5. The summed E-state index contributed by atoms with van der Waals surface area (Å²) < 4.78 is 0. The number of nitrogens with zero attached hydrogens (tertiary/aromatic N) is 1. The smallest absolute Gasteiger partial charge is 0.241 e. The summed E-state index contributed by atoms with van der Waals surface area (Å²) in [7, 11) is 0. The summed E-state index contributed by atoms with van der Waals surface area (Å²) >= 11 is 0. The highest BCUT2D eigenvalue weighted by Crippen LogP contribution is 2.20. The van der Waals surface area contributed by atoms with Crippen molar-refractivity contribution in [2.75, 3.05) is 6.54 Å². The quantitative estimate of drug-likeness (QED) is 0.755. The summed E-state index contributed by atoms with van der Waals surface area (Å²) in [5.41, 5.74) is 0. The van der Waals surface area contributed by atoms with Crippen LogP contribution in [0.4, 0.5) is 0 Å². The van der Waals surface area contributed by atoms with Crippen molar-refractivity contribution >= 4 is 5.91 Å². The number of nitrogens with one attached hydrogen (secondary N) is 1. The maximum atomic E-state index is 12.1. The van der Waals surface area contributed by atoms with E-state index in [0.29, 0.717) is 11.8 Å². The van der Waals surface area contributed by atoms with Crippen LogP contribution in [-0.2, 0) is 4.79 Å². The molecule has 0 aromatic carbocycles. The summed E-state index contributed by atoms with van der Waals surface area (Å²) in [4.78, 5) is 14.1. The molecule has 1 saturated heterocycles. The van der Waals surface area contributed by atoms with Crippen LogP contribution in [0.25, 0.3) is 0 Å². The van der Waals surface area contributed by atoms with E-state index in [2.05, 4.69) is 33.0 Å². The predicted octanol–water partition coefficient (Wildman–Crippen LogP) is 1.98. The lowest BCUT2D eigenvalue weighted by molar-refractivity contribution is -0.130. The minimum atomic E-state index is 0.0477. The van der Waals surface area contributed by atoms with E-state index in [1.54, 1.807) is 0 Å². The molecule has 0 aromatic heterocycles. The van der Waals surface area contributed by atoms with Gasteiger partial charge in [0.05, 0.1) is 12.2 Å². The molecular formula is C12H24N2O. The lowest BCUT2D eigenvalue weighted by atomic mass is 9.99. The molecule has 15 heavy (non-hydrogen) atoms. The molecule has 1 fully saturated rings. The molecule has 0 aromatic rings. The van der Waals surface area contributed by atoms with Gasteiger partial charge in [-0.1, -0.05) is 34.1 Å². The van der Waals surface area contributed by atoms with Crippen molar-refractivity contribution in [1.82, 2.24) is 10.2 Å². The fourth-order valence-electron chi connectivity index (χ4n) is 2.19. The Bertz CT molecular complexity index is 214. The van der Waals surface area contributed by atoms with Crippen molar-refractivity contribution in [3.05, 3.63) is 0 Å². The zero-order valence-electron chi connectivity index (χ0n) is 10.4. The number of carbonyl (C=O) groups is 1. The first-order chi connectivity index (χ1) is 7.15. The van der Waals surface area contributed by atoms with E-state index < -0.39 is 0 Å². The van der Waals surface area contributed by atoms with Gasteiger partial charge in [0.1, 0.15) is 0 Å². The Kier molecular flexibility index (Phi) is 4.58. The van der Waals surface area contributed by atoms with Gasteiger partial charge in [0.15, 0.2) is 0 Å². The van der Waals surface area contributed by atoms with Gasteiger partial charge in [-0.25, -0.2) is 0 Å². The van der Waals surface area contributed by atoms with Gasteiger partial charge in [-0.15, -0.1) is 0 Å². The summed E-state index contributed by atoms with van der Waals surface area (Å²) in [6, 6.07) is 0.0477. The van der Waals surface area contributed by atoms with Crippen LogP contribution in [0.15, 0.2) is 0 Å². The first kappa shape index (κ1) is 12.5. The highest BCUT2D eigenvalue weighted by molar-refractivity contribution is 5.84. The van der Waals surface area contributed by atoms with Gasteiger partial charge in [0, 0.05) is 6.54 Å². The van der Waals surface area contributed by atoms with Crippen LogP contribution < -0.4 is 5.32 Å². The van der Waals surface area contributed by atoms with Gasteiger partial charge in [-0.05, 0) is 18.8 Å². The molecule has 0 saturated carbocycles. The van der Waals surface area contributed by atoms with Crippen LogP contribution in [0.3, 0.4) is 0 Å². The average molecular weight is 212 g/mol. The van der Waals surface area contributed by atoms with Crippen molar-refractivity contribution in [1.29, 1.82) is 0 Å². The standard InChI is InChI=1S/C12H24N2O/c1-5-8-14-10(7-3)13-11(12(14)15)9(4)6-2/h9-11,13H,5-8H2,1-4H3. The minimum Gasteiger partial charge on any atom is -0.326 e. The Labute approximate surface area is 93.2 Å². The minimum absolute atomic E-state index is 0.0477. The first-order valence-electron chi connectivity index (χ1n) is 6.22. The largest absolute Gasteiger partial charge is 0.326 e. The van der Waals surface area contributed by atoms with Crippen LogP contribution in [0, 0.1) is 5.92 Å².